The Hall–Kier alpha value is -0.670. The topological polar surface area (TPSA) is 42.2 Å². The average molecular weight is 288 g/mol. The normalized spacial score (nSPS) is 24.0. The smallest absolute Gasteiger partial charge is 0.149 e. The summed E-state index contributed by atoms with van der Waals surface area (Å²) < 4.78 is 0. The molecule has 1 heterocycles. The van der Waals surface area contributed by atoms with Gasteiger partial charge in [-0.15, -0.1) is 0 Å². The summed E-state index contributed by atoms with van der Waals surface area (Å²) in [6, 6.07) is 2.16. The largest absolute Gasteiger partial charge is 0.382 e. The summed E-state index contributed by atoms with van der Waals surface area (Å²) in [5, 5.41) is 0.976. The van der Waals surface area contributed by atoms with Crippen molar-refractivity contribution in [2.24, 2.45) is 5.92 Å². The molecule has 3 nitrogen and oxygen atoms in total. The SMILES string of the molecule is CC1CCCC(N(C)c2nc(N)c(Cl)cc2Cl)C1. The van der Waals surface area contributed by atoms with Gasteiger partial charge >= 0.3 is 0 Å². The molecular weight excluding hydrogens is 269 g/mol. The number of nitrogens with zero attached hydrogens (tertiary/aromatic N) is 2. The first-order chi connectivity index (χ1) is 8.49. The Morgan fingerprint density at radius 1 is 1.33 bits per heavy atom. The fraction of sp³-hybridized carbons (Fsp3) is 0.615. The predicted octanol–water partition coefficient (Wildman–Crippen LogP) is 3.99. The Balaban J connectivity index is 2.22. The van der Waals surface area contributed by atoms with Crippen molar-refractivity contribution in [2.75, 3.05) is 17.7 Å². The third-order valence-corrected chi connectivity index (χ3v) is 4.31. The fourth-order valence-corrected chi connectivity index (χ4v) is 3.14. The van der Waals surface area contributed by atoms with Crippen LogP contribution in [0.5, 0.6) is 0 Å². The third-order valence-electron chi connectivity index (χ3n) is 3.73. The van der Waals surface area contributed by atoms with E-state index < -0.39 is 0 Å². The first-order valence-electron chi connectivity index (χ1n) is 6.33. The van der Waals surface area contributed by atoms with Gasteiger partial charge in [-0.1, -0.05) is 43.0 Å². The van der Waals surface area contributed by atoms with Crippen LogP contribution in [0.4, 0.5) is 11.6 Å². The van der Waals surface area contributed by atoms with Crippen molar-refractivity contribution < 1.29 is 0 Å². The van der Waals surface area contributed by atoms with Crippen LogP contribution in [0.1, 0.15) is 32.6 Å². The molecule has 0 aromatic carbocycles. The number of anilines is 2. The molecule has 1 aromatic heterocycles. The minimum atomic E-state index is 0.340. The second kappa shape index (κ2) is 5.54. The Labute approximate surface area is 118 Å². The molecule has 0 bridgehead atoms. The van der Waals surface area contributed by atoms with Gasteiger partial charge in [0.05, 0.1) is 10.0 Å². The summed E-state index contributed by atoms with van der Waals surface area (Å²) in [7, 11) is 2.03. The second-order valence-electron chi connectivity index (χ2n) is 5.20. The number of hydrogen-bond donors (Lipinski definition) is 1. The van der Waals surface area contributed by atoms with Gasteiger partial charge in [0.25, 0.3) is 0 Å². The summed E-state index contributed by atoms with van der Waals surface area (Å²) in [6.45, 7) is 2.30. The molecule has 2 unspecified atom stereocenters. The Morgan fingerprint density at radius 3 is 2.72 bits per heavy atom. The van der Waals surface area contributed by atoms with Crippen LogP contribution in [0.25, 0.3) is 0 Å². The number of halogens is 2. The van der Waals surface area contributed by atoms with Crippen molar-refractivity contribution in [1.82, 2.24) is 4.98 Å². The zero-order valence-electron chi connectivity index (χ0n) is 10.8. The van der Waals surface area contributed by atoms with Crippen molar-refractivity contribution in [1.29, 1.82) is 0 Å². The lowest BCUT2D eigenvalue weighted by atomic mass is 9.86. The highest BCUT2D eigenvalue weighted by molar-refractivity contribution is 6.37. The van der Waals surface area contributed by atoms with E-state index >= 15 is 0 Å². The van der Waals surface area contributed by atoms with E-state index in [1.807, 2.05) is 7.05 Å². The monoisotopic (exact) mass is 287 g/mol. The van der Waals surface area contributed by atoms with Crippen LogP contribution < -0.4 is 10.6 Å². The average Bonchev–Trinajstić information content (AvgIpc) is 2.33. The molecule has 2 atom stereocenters. The highest BCUT2D eigenvalue weighted by Crippen LogP contribution is 2.34. The lowest BCUT2D eigenvalue weighted by Gasteiger charge is -2.35. The highest BCUT2D eigenvalue weighted by Gasteiger charge is 2.24. The molecule has 0 radical (unpaired) electrons. The standard InChI is InChI=1S/C13H19Cl2N3/c1-8-4-3-5-9(6-8)18(2)13-11(15)7-10(14)12(16)17-13/h7-9H,3-6H2,1-2H3,(H2,16,17). The Morgan fingerprint density at radius 2 is 2.06 bits per heavy atom. The minimum Gasteiger partial charge on any atom is -0.382 e. The lowest BCUT2D eigenvalue weighted by molar-refractivity contribution is 0.335. The quantitative estimate of drug-likeness (QED) is 0.894. The van der Waals surface area contributed by atoms with Crippen LogP contribution in [0.3, 0.4) is 0 Å². The predicted molar refractivity (Wildman–Crippen MR) is 78.5 cm³/mol. The van der Waals surface area contributed by atoms with Crippen molar-refractivity contribution in [3.05, 3.63) is 16.1 Å². The van der Waals surface area contributed by atoms with Crippen LogP contribution in [-0.2, 0) is 0 Å². The van der Waals surface area contributed by atoms with E-state index in [0.29, 0.717) is 21.9 Å². The van der Waals surface area contributed by atoms with Crippen molar-refractivity contribution in [3.8, 4) is 0 Å². The molecule has 5 heteroatoms. The molecule has 0 saturated heterocycles. The van der Waals surface area contributed by atoms with Gasteiger partial charge in [0.15, 0.2) is 0 Å². The molecule has 18 heavy (non-hydrogen) atoms. The summed E-state index contributed by atoms with van der Waals surface area (Å²) in [5.74, 6) is 1.83. The first kappa shape index (κ1) is 13.8. The first-order valence-corrected chi connectivity index (χ1v) is 7.09. The maximum absolute atomic E-state index is 6.21. The molecule has 2 N–H and O–H groups in total. The molecule has 0 spiro atoms. The van der Waals surface area contributed by atoms with Gasteiger partial charge in [-0.3, -0.25) is 0 Å². The molecule has 1 fully saturated rings. The zero-order valence-corrected chi connectivity index (χ0v) is 12.3. The summed E-state index contributed by atoms with van der Waals surface area (Å²) in [5.41, 5.74) is 5.76. The lowest BCUT2D eigenvalue weighted by Crippen LogP contribution is -2.36. The van der Waals surface area contributed by atoms with E-state index in [0.717, 1.165) is 11.7 Å². The third kappa shape index (κ3) is 2.83. The molecule has 100 valence electrons. The maximum atomic E-state index is 6.21. The van der Waals surface area contributed by atoms with Crippen LogP contribution >= 0.6 is 23.2 Å². The van der Waals surface area contributed by atoms with E-state index in [2.05, 4.69) is 16.8 Å². The molecular formula is C13H19Cl2N3. The van der Waals surface area contributed by atoms with E-state index in [1.165, 1.54) is 25.7 Å². The van der Waals surface area contributed by atoms with Gasteiger partial charge in [-0.05, 0) is 24.8 Å². The maximum Gasteiger partial charge on any atom is 0.149 e. The van der Waals surface area contributed by atoms with Gasteiger partial charge in [0.2, 0.25) is 0 Å². The molecule has 1 aromatic rings. The minimum absolute atomic E-state index is 0.340. The van der Waals surface area contributed by atoms with E-state index in [-0.39, 0.29) is 0 Å². The van der Waals surface area contributed by atoms with E-state index in [9.17, 15) is 0 Å². The van der Waals surface area contributed by atoms with Crippen LogP contribution in [0, 0.1) is 5.92 Å². The number of rotatable bonds is 2. The molecule has 1 aliphatic rings. The second-order valence-corrected chi connectivity index (χ2v) is 6.01. The molecule has 2 rings (SSSR count). The van der Waals surface area contributed by atoms with Gasteiger partial charge in [-0.25, -0.2) is 4.98 Å². The van der Waals surface area contributed by atoms with E-state index in [1.54, 1.807) is 6.07 Å². The molecule has 0 amide bonds. The van der Waals surface area contributed by atoms with Crippen molar-refractivity contribution in [3.63, 3.8) is 0 Å². The zero-order chi connectivity index (χ0) is 13.3. The van der Waals surface area contributed by atoms with Gasteiger partial charge in [0, 0.05) is 13.1 Å². The Bertz CT molecular complexity index is 436. The summed E-state index contributed by atoms with van der Waals surface area (Å²) >= 11 is 12.1. The van der Waals surface area contributed by atoms with E-state index in [4.69, 9.17) is 28.9 Å². The van der Waals surface area contributed by atoms with Gasteiger partial charge in [-0.2, -0.15) is 0 Å². The Kier molecular flexibility index (Phi) is 4.23. The molecule has 0 aliphatic heterocycles. The molecule has 1 aliphatic carbocycles. The van der Waals surface area contributed by atoms with Crippen molar-refractivity contribution >= 4 is 34.8 Å². The highest BCUT2D eigenvalue weighted by atomic mass is 35.5. The van der Waals surface area contributed by atoms with Crippen molar-refractivity contribution in [2.45, 2.75) is 38.6 Å². The number of pyridine rings is 1. The number of nitrogens with two attached hydrogens (primary N) is 1. The summed E-state index contributed by atoms with van der Waals surface area (Å²) in [6.07, 6.45) is 4.93. The number of hydrogen-bond acceptors (Lipinski definition) is 3. The van der Waals surface area contributed by atoms with Gasteiger partial charge < -0.3 is 10.6 Å². The number of aromatic nitrogens is 1. The fourth-order valence-electron chi connectivity index (χ4n) is 2.64. The van der Waals surface area contributed by atoms with Crippen LogP contribution in [0.15, 0.2) is 6.07 Å². The van der Waals surface area contributed by atoms with Crippen LogP contribution in [0.2, 0.25) is 10.0 Å². The molecule has 1 saturated carbocycles. The van der Waals surface area contributed by atoms with Crippen LogP contribution in [-0.4, -0.2) is 18.1 Å². The summed E-state index contributed by atoms with van der Waals surface area (Å²) in [4.78, 5) is 6.46. The number of nitrogen functional groups attached to an aromatic ring is 1. The van der Waals surface area contributed by atoms with Gasteiger partial charge in [0.1, 0.15) is 11.6 Å².